The lowest BCUT2D eigenvalue weighted by Crippen LogP contribution is -2.52. The third-order valence-electron chi connectivity index (χ3n) is 4.47. The second kappa shape index (κ2) is 6.69. The third kappa shape index (κ3) is 3.34. The highest BCUT2D eigenvalue weighted by molar-refractivity contribution is 7.07. The van der Waals surface area contributed by atoms with Crippen LogP contribution in [0.4, 0.5) is 0 Å². The van der Waals surface area contributed by atoms with E-state index >= 15 is 0 Å². The van der Waals surface area contributed by atoms with Crippen LogP contribution in [0.3, 0.4) is 0 Å². The van der Waals surface area contributed by atoms with Gasteiger partial charge in [-0.05, 0) is 42.3 Å². The van der Waals surface area contributed by atoms with Gasteiger partial charge in [0.1, 0.15) is 0 Å². The normalized spacial score (nSPS) is 20.6. The van der Waals surface area contributed by atoms with Crippen LogP contribution in [0, 0.1) is 0 Å². The molecule has 2 rings (SSSR count). The van der Waals surface area contributed by atoms with Gasteiger partial charge in [0.25, 0.3) is 0 Å². The first kappa shape index (κ1) is 14.0. The van der Waals surface area contributed by atoms with Gasteiger partial charge >= 0.3 is 0 Å². The Hall–Kier alpha value is -0.380. The number of hydrogen-bond acceptors (Lipinski definition) is 3. The molecule has 102 valence electrons. The first-order valence-corrected chi connectivity index (χ1v) is 8.13. The summed E-state index contributed by atoms with van der Waals surface area (Å²) in [6.45, 7) is 1.84. The van der Waals surface area contributed by atoms with Crippen LogP contribution in [0.5, 0.6) is 0 Å². The van der Waals surface area contributed by atoms with Crippen LogP contribution in [0.2, 0.25) is 0 Å². The third-order valence-corrected chi connectivity index (χ3v) is 5.21. The molecule has 2 N–H and O–H groups in total. The molecule has 0 aliphatic heterocycles. The Bertz CT molecular complexity index is 326. The summed E-state index contributed by atoms with van der Waals surface area (Å²) in [6, 6.07) is 2.23. The zero-order valence-electron chi connectivity index (χ0n) is 11.5. The van der Waals surface area contributed by atoms with Gasteiger partial charge < -0.3 is 5.73 Å². The Morgan fingerprint density at radius 2 is 1.89 bits per heavy atom. The highest BCUT2D eigenvalue weighted by Gasteiger charge is 2.32. The van der Waals surface area contributed by atoms with Crippen molar-refractivity contribution in [2.24, 2.45) is 5.73 Å². The molecular formula is C15H26N2S. The molecule has 1 fully saturated rings. The molecule has 1 aromatic heterocycles. The van der Waals surface area contributed by atoms with E-state index in [-0.39, 0.29) is 5.54 Å². The Morgan fingerprint density at radius 3 is 2.44 bits per heavy atom. The van der Waals surface area contributed by atoms with Gasteiger partial charge in [-0.15, -0.1) is 0 Å². The van der Waals surface area contributed by atoms with E-state index in [0.717, 1.165) is 13.1 Å². The first-order chi connectivity index (χ1) is 8.77. The van der Waals surface area contributed by atoms with Crippen molar-refractivity contribution >= 4 is 11.3 Å². The van der Waals surface area contributed by atoms with Crippen molar-refractivity contribution < 1.29 is 0 Å². The highest BCUT2D eigenvalue weighted by Crippen LogP contribution is 2.31. The van der Waals surface area contributed by atoms with Crippen LogP contribution in [-0.4, -0.2) is 24.0 Å². The number of rotatable bonds is 4. The summed E-state index contributed by atoms with van der Waals surface area (Å²) in [5.74, 6) is 0. The maximum absolute atomic E-state index is 6.15. The van der Waals surface area contributed by atoms with E-state index in [9.17, 15) is 0 Å². The lowest BCUT2D eigenvalue weighted by Gasteiger charge is -2.42. The van der Waals surface area contributed by atoms with E-state index in [2.05, 4.69) is 28.8 Å². The maximum Gasteiger partial charge on any atom is 0.0332 e. The van der Waals surface area contributed by atoms with Crippen molar-refractivity contribution in [1.82, 2.24) is 4.90 Å². The molecule has 1 aliphatic rings. The molecular weight excluding hydrogens is 240 g/mol. The van der Waals surface area contributed by atoms with Gasteiger partial charge in [-0.25, -0.2) is 0 Å². The summed E-state index contributed by atoms with van der Waals surface area (Å²) in [5, 5.41) is 4.42. The van der Waals surface area contributed by atoms with Crippen LogP contribution in [0.25, 0.3) is 0 Å². The summed E-state index contributed by atoms with van der Waals surface area (Å²) < 4.78 is 0. The first-order valence-electron chi connectivity index (χ1n) is 7.19. The Morgan fingerprint density at radius 1 is 1.22 bits per heavy atom. The Labute approximate surface area is 115 Å². The number of hydrogen-bond donors (Lipinski definition) is 1. The van der Waals surface area contributed by atoms with Gasteiger partial charge in [0.15, 0.2) is 0 Å². The van der Waals surface area contributed by atoms with Gasteiger partial charge in [0, 0.05) is 18.6 Å². The van der Waals surface area contributed by atoms with Crippen molar-refractivity contribution in [2.75, 3.05) is 13.6 Å². The van der Waals surface area contributed by atoms with E-state index in [1.165, 1.54) is 50.5 Å². The van der Waals surface area contributed by atoms with E-state index in [1.807, 2.05) is 0 Å². The quantitative estimate of drug-likeness (QED) is 0.902. The predicted molar refractivity (Wildman–Crippen MR) is 79.9 cm³/mol. The lowest BCUT2D eigenvalue weighted by atomic mass is 9.82. The monoisotopic (exact) mass is 266 g/mol. The summed E-state index contributed by atoms with van der Waals surface area (Å²) >= 11 is 1.78. The number of likely N-dealkylation sites (N-methyl/N-ethyl adjacent to an activating group) is 1. The van der Waals surface area contributed by atoms with Crippen molar-refractivity contribution in [1.29, 1.82) is 0 Å². The standard InChI is InChI=1S/C15H26N2S/c1-17(11-14-7-10-18-12-14)15(13-16)8-5-3-2-4-6-9-15/h7,10,12H,2-6,8-9,11,13,16H2,1H3. The summed E-state index contributed by atoms with van der Waals surface area (Å²) in [7, 11) is 2.26. The van der Waals surface area contributed by atoms with Crippen LogP contribution in [0.1, 0.15) is 50.5 Å². The van der Waals surface area contributed by atoms with Crippen molar-refractivity contribution in [2.45, 2.75) is 57.0 Å². The summed E-state index contributed by atoms with van der Waals surface area (Å²) in [6.07, 6.45) is 9.39. The van der Waals surface area contributed by atoms with E-state index < -0.39 is 0 Å². The minimum Gasteiger partial charge on any atom is -0.329 e. The molecule has 0 amide bonds. The molecule has 0 saturated heterocycles. The molecule has 0 atom stereocenters. The number of nitrogens with two attached hydrogens (primary N) is 1. The fourth-order valence-electron chi connectivity index (χ4n) is 3.13. The van der Waals surface area contributed by atoms with Gasteiger partial charge in [-0.1, -0.05) is 32.1 Å². The second-order valence-corrected chi connectivity index (χ2v) is 6.46. The average molecular weight is 266 g/mol. The zero-order chi connectivity index (χ0) is 12.8. The van der Waals surface area contributed by atoms with Crippen molar-refractivity contribution in [3.05, 3.63) is 22.4 Å². The largest absolute Gasteiger partial charge is 0.329 e. The Balaban J connectivity index is 2.03. The van der Waals surface area contributed by atoms with Crippen LogP contribution >= 0.6 is 11.3 Å². The molecule has 1 aliphatic carbocycles. The number of nitrogens with zero attached hydrogens (tertiary/aromatic N) is 1. The number of thiophene rings is 1. The zero-order valence-corrected chi connectivity index (χ0v) is 12.3. The molecule has 3 heteroatoms. The molecule has 1 aromatic rings. The molecule has 2 nitrogen and oxygen atoms in total. The minimum absolute atomic E-state index is 0.238. The molecule has 18 heavy (non-hydrogen) atoms. The van der Waals surface area contributed by atoms with Crippen LogP contribution in [-0.2, 0) is 6.54 Å². The summed E-state index contributed by atoms with van der Waals surface area (Å²) in [5.41, 5.74) is 7.82. The van der Waals surface area contributed by atoms with Gasteiger partial charge in [0.05, 0.1) is 0 Å². The second-order valence-electron chi connectivity index (χ2n) is 5.68. The molecule has 1 saturated carbocycles. The lowest BCUT2D eigenvalue weighted by molar-refractivity contribution is 0.0867. The SMILES string of the molecule is CN(Cc1ccsc1)C1(CN)CCCCCCC1. The minimum atomic E-state index is 0.238. The van der Waals surface area contributed by atoms with Gasteiger partial charge in [-0.3, -0.25) is 4.90 Å². The van der Waals surface area contributed by atoms with E-state index in [0.29, 0.717) is 0 Å². The molecule has 0 bridgehead atoms. The fraction of sp³-hybridized carbons (Fsp3) is 0.733. The topological polar surface area (TPSA) is 29.3 Å². The van der Waals surface area contributed by atoms with E-state index in [1.54, 1.807) is 11.3 Å². The molecule has 0 spiro atoms. The van der Waals surface area contributed by atoms with Crippen LogP contribution in [0.15, 0.2) is 16.8 Å². The molecule has 1 heterocycles. The van der Waals surface area contributed by atoms with Gasteiger partial charge in [0.2, 0.25) is 0 Å². The van der Waals surface area contributed by atoms with E-state index in [4.69, 9.17) is 5.73 Å². The maximum atomic E-state index is 6.15. The summed E-state index contributed by atoms with van der Waals surface area (Å²) in [4.78, 5) is 2.51. The van der Waals surface area contributed by atoms with Crippen molar-refractivity contribution in [3.8, 4) is 0 Å². The molecule has 0 unspecified atom stereocenters. The Kier molecular flexibility index (Phi) is 5.22. The average Bonchev–Trinajstić information content (AvgIpc) is 2.82. The molecule has 0 aromatic carbocycles. The van der Waals surface area contributed by atoms with Crippen LogP contribution < -0.4 is 5.73 Å². The van der Waals surface area contributed by atoms with Gasteiger partial charge in [-0.2, -0.15) is 11.3 Å². The highest BCUT2D eigenvalue weighted by atomic mass is 32.1. The van der Waals surface area contributed by atoms with Crippen molar-refractivity contribution in [3.63, 3.8) is 0 Å². The smallest absolute Gasteiger partial charge is 0.0332 e. The molecule has 0 radical (unpaired) electrons. The fourth-order valence-corrected chi connectivity index (χ4v) is 3.79. The predicted octanol–water partition coefficient (Wildman–Crippen LogP) is 3.62.